The van der Waals surface area contributed by atoms with Crippen LogP contribution in [-0.2, 0) is 17.6 Å². The summed E-state index contributed by atoms with van der Waals surface area (Å²) in [5.41, 5.74) is 3.74. The Labute approximate surface area is 83.9 Å². The highest BCUT2D eigenvalue weighted by Crippen LogP contribution is 2.32. The molecule has 0 saturated carbocycles. The second kappa shape index (κ2) is 3.45. The Kier molecular flexibility index (Phi) is 2.28. The predicted octanol–water partition coefficient (Wildman–Crippen LogP) is 2.41. The molecule has 1 aromatic rings. The monoisotopic (exact) mass is 190 g/mol. The van der Waals surface area contributed by atoms with Crippen LogP contribution in [0.3, 0.4) is 0 Å². The van der Waals surface area contributed by atoms with Gasteiger partial charge in [-0.1, -0.05) is 6.07 Å². The van der Waals surface area contributed by atoms with Gasteiger partial charge in [-0.2, -0.15) is 0 Å². The molecule has 0 saturated heterocycles. The second-order valence-corrected chi connectivity index (χ2v) is 3.85. The van der Waals surface area contributed by atoms with Gasteiger partial charge < -0.3 is 4.74 Å². The van der Waals surface area contributed by atoms with Crippen LogP contribution < -0.4 is 4.74 Å². The Hall–Kier alpha value is -1.31. The number of rotatable bonds is 1. The fourth-order valence-electron chi connectivity index (χ4n) is 2.06. The molecule has 0 fully saturated rings. The van der Waals surface area contributed by atoms with Gasteiger partial charge in [0.2, 0.25) is 0 Å². The second-order valence-electron chi connectivity index (χ2n) is 3.85. The fraction of sp³-hybridized carbons (Fsp3) is 0.417. The number of hydrogen-bond donors (Lipinski definition) is 0. The smallest absolute Gasteiger partial charge is 0.308 e. The van der Waals surface area contributed by atoms with E-state index in [9.17, 15) is 4.79 Å². The number of esters is 1. The van der Waals surface area contributed by atoms with Crippen LogP contribution in [0.2, 0.25) is 0 Å². The Balaban J connectivity index is 2.43. The lowest BCUT2D eigenvalue weighted by Gasteiger charge is -2.08. The van der Waals surface area contributed by atoms with E-state index in [1.807, 2.05) is 13.0 Å². The number of fused-ring (bicyclic) bond motifs is 1. The topological polar surface area (TPSA) is 26.3 Å². The van der Waals surface area contributed by atoms with E-state index in [1.54, 1.807) is 0 Å². The number of carbonyl (C=O) groups is 1. The van der Waals surface area contributed by atoms with Gasteiger partial charge in [-0.15, -0.1) is 0 Å². The maximum absolute atomic E-state index is 10.9. The summed E-state index contributed by atoms with van der Waals surface area (Å²) in [6, 6.07) is 4.14. The van der Waals surface area contributed by atoms with Crippen LogP contribution in [0.1, 0.15) is 30.0 Å². The van der Waals surface area contributed by atoms with E-state index in [1.165, 1.54) is 30.0 Å². The molecule has 1 aliphatic carbocycles. The van der Waals surface area contributed by atoms with Crippen molar-refractivity contribution in [2.45, 2.75) is 33.1 Å². The molecule has 14 heavy (non-hydrogen) atoms. The van der Waals surface area contributed by atoms with Crippen molar-refractivity contribution in [3.63, 3.8) is 0 Å². The van der Waals surface area contributed by atoms with Gasteiger partial charge in [0.15, 0.2) is 0 Å². The zero-order valence-electron chi connectivity index (χ0n) is 8.59. The average molecular weight is 190 g/mol. The Morgan fingerprint density at radius 2 is 2.14 bits per heavy atom. The van der Waals surface area contributed by atoms with E-state index in [2.05, 4.69) is 6.07 Å². The first-order chi connectivity index (χ1) is 6.66. The van der Waals surface area contributed by atoms with Crippen molar-refractivity contribution in [2.24, 2.45) is 0 Å². The molecule has 0 bridgehead atoms. The molecule has 0 amide bonds. The van der Waals surface area contributed by atoms with Crippen molar-refractivity contribution in [2.75, 3.05) is 0 Å². The summed E-state index contributed by atoms with van der Waals surface area (Å²) in [6.45, 7) is 3.48. The summed E-state index contributed by atoms with van der Waals surface area (Å²) in [4.78, 5) is 10.9. The van der Waals surface area contributed by atoms with Crippen LogP contribution in [0.5, 0.6) is 5.75 Å². The normalized spacial score (nSPS) is 13.9. The molecule has 2 nitrogen and oxygen atoms in total. The van der Waals surface area contributed by atoms with E-state index in [4.69, 9.17) is 4.74 Å². The minimum absolute atomic E-state index is 0.232. The molecule has 0 aromatic heterocycles. The molecule has 1 aromatic carbocycles. The predicted molar refractivity (Wildman–Crippen MR) is 54.5 cm³/mol. The summed E-state index contributed by atoms with van der Waals surface area (Å²) >= 11 is 0. The third kappa shape index (κ3) is 1.65. The van der Waals surface area contributed by atoms with Gasteiger partial charge in [-0.3, -0.25) is 4.79 Å². The molecule has 0 unspecified atom stereocenters. The van der Waals surface area contributed by atoms with E-state index in [0.717, 1.165) is 18.6 Å². The number of ether oxygens (including phenoxy) is 1. The number of benzene rings is 1. The lowest BCUT2D eigenvalue weighted by molar-refractivity contribution is -0.131. The Morgan fingerprint density at radius 3 is 2.86 bits per heavy atom. The highest BCUT2D eigenvalue weighted by atomic mass is 16.5. The van der Waals surface area contributed by atoms with Crippen molar-refractivity contribution in [3.8, 4) is 5.75 Å². The molecule has 0 aliphatic heterocycles. The van der Waals surface area contributed by atoms with Crippen LogP contribution in [-0.4, -0.2) is 5.97 Å². The van der Waals surface area contributed by atoms with Crippen LogP contribution in [0.15, 0.2) is 12.1 Å². The summed E-state index contributed by atoms with van der Waals surface area (Å²) in [6.07, 6.45) is 3.33. The van der Waals surface area contributed by atoms with Gasteiger partial charge in [0, 0.05) is 6.92 Å². The summed E-state index contributed by atoms with van der Waals surface area (Å²) in [5.74, 6) is 0.537. The lowest BCUT2D eigenvalue weighted by atomic mass is 10.1. The fourth-order valence-corrected chi connectivity index (χ4v) is 2.06. The first-order valence-electron chi connectivity index (χ1n) is 4.97. The molecule has 0 atom stereocenters. The average Bonchev–Trinajstić information content (AvgIpc) is 2.50. The number of aryl methyl sites for hydroxylation is 2. The van der Waals surface area contributed by atoms with Gasteiger partial charge >= 0.3 is 5.97 Å². The first kappa shape index (κ1) is 9.25. The van der Waals surface area contributed by atoms with E-state index in [0.29, 0.717) is 0 Å². The third-order valence-corrected chi connectivity index (χ3v) is 2.57. The maximum atomic E-state index is 10.9. The van der Waals surface area contributed by atoms with Gasteiger partial charge in [0.05, 0.1) is 0 Å². The van der Waals surface area contributed by atoms with Crippen molar-refractivity contribution in [1.29, 1.82) is 0 Å². The Bertz CT molecular complexity index is 380. The SMILES string of the molecule is CC(=O)Oc1cc(C)cc2c1CCC2. The van der Waals surface area contributed by atoms with Crippen molar-refractivity contribution >= 4 is 5.97 Å². The molecule has 0 N–H and O–H groups in total. The van der Waals surface area contributed by atoms with Crippen LogP contribution in [0, 0.1) is 6.92 Å². The zero-order valence-corrected chi connectivity index (χ0v) is 8.59. The van der Waals surface area contributed by atoms with Gasteiger partial charge in [0.1, 0.15) is 5.75 Å². The highest BCUT2D eigenvalue weighted by Gasteiger charge is 2.17. The molecule has 0 spiro atoms. The van der Waals surface area contributed by atoms with Crippen molar-refractivity contribution in [3.05, 3.63) is 28.8 Å². The third-order valence-electron chi connectivity index (χ3n) is 2.57. The van der Waals surface area contributed by atoms with Gasteiger partial charge in [-0.05, 0) is 48.9 Å². The quantitative estimate of drug-likeness (QED) is 0.502. The van der Waals surface area contributed by atoms with E-state index >= 15 is 0 Å². The minimum atomic E-state index is -0.232. The van der Waals surface area contributed by atoms with Gasteiger partial charge in [-0.25, -0.2) is 0 Å². The summed E-state index contributed by atoms with van der Waals surface area (Å²) in [5, 5.41) is 0. The molecule has 2 rings (SSSR count). The lowest BCUT2D eigenvalue weighted by Crippen LogP contribution is -2.04. The Morgan fingerprint density at radius 1 is 1.36 bits per heavy atom. The van der Waals surface area contributed by atoms with Crippen LogP contribution in [0.25, 0.3) is 0 Å². The van der Waals surface area contributed by atoms with Gasteiger partial charge in [0.25, 0.3) is 0 Å². The largest absolute Gasteiger partial charge is 0.426 e. The van der Waals surface area contributed by atoms with Crippen LogP contribution in [0.4, 0.5) is 0 Å². The molecule has 74 valence electrons. The number of hydrogen-bond acceptors (Lipinski definition) is 2. The minimum Gasteiger partial charge on any atom is -0.426 e. The summed E-state index contributed by atoms with van der Waals surface area (Å²) < 4.78 is 5.20. The molecule has 0 radical (unpaired) electrons. The molecular formula is C12H14O2. The highest BCUT2D eigenvalue weighted by molar-refractivity contribution is 5.70. The zero-order chi connectivity index (χ0) is 10.1. The molecule has 0 heterocycles. The number of carbonyl (C=O) groups excluding carboxylic acids is 1. The first-order valence-corrected chi connectivity index (χ1v) is 4.97. The molecular weight excluding hydrogens is 176 g/mol. The standard InChI is InChI=1S/C12H14O2/c1-8-6-10-4-3-5-11(10)12(7-8)14-9(2)13/h6-7H,3-5H2,1-2H3. The van der Waals surface area contributed by atoms with Crippen LogP contribution >= 0.6 is 0 Å². The maximum Gasteiger partial charge on any atom is 0.308 e. The van der Waals surface area contributed by atoms with E-state index in [-0.39, 0.29) is 5.97 Å². The van der Waals surface area contributed by atoms with Crippen molar-refractivity contribution in [1.82, 2.24) is 0 Å². The summed E-state index contributed by atoms with van der Waals surface area (Å²) in [7, 11) is 0. The van der Waals surface area contributed by atoms with Crippen molar-refractivity contribution < 1.29 is 9.53 Å². The van der Waals surface area contributed by atoms with E-state index < -0.39 is 0 Å². The molecule has 1 aliphatic rings. The molecule has 2 heteroatoms.